The predicted octanol–water partition coefficient (Wildman–Crippen LogP) is 4.37. The van der Waals surface area contributed by atoms with Gasteiger partial charge >= 0.3 is 0 Å². The number of anilines is 1. The van der Waals surface area contributed by atoms with Crippen molar-refractivity contribution >= 4 is 37.5 Å². The molecule has 0 bridgehead atoms. The topological polar surface area (TPSA) is 66.9 Å². The van der Waals surface area contributed by atoms with Gasteiger partial charge in [-0.1, -0.05) is 57.9 Å². The number of nitrogens with zero attached hydrogens (tertiary/aromatic N) is 2. The summed E-state index contributed by atoms with van der Waals surface area (Å²) in [5.41, 5.74) is 2.41. The number of para-hydroxylation sites is 2. The van der Waals surface area contributed by atoms with E-state index in [0.29, 0.717) is 24.6 Å². The molecule has 0 N–H and O–H groups in total. The Balaban J connectivity index is 1.65. The Labute approximate surface area is 196 Å². The van der Waals surface area contributed by atoms with Crippen molar-refractivity contribution in [1.29, 1.82) is 0 Å². The van der Waals surface area contributed by atoms with Crippen molar-refractivity contribution in [3.05, 3.63) is 88.4 Å². The lowest BCUT2D eigenvalue weighted by atomic mass is 10.2. The predicted molar refractivity (Wildman–Crippen MR) is 127 cm³/mol. The van der Waals surface area contributed by atoms with Crippen LogP contribution >= 0.6 is 15.9 Å². The molecule has 0 spiro atoms. The Bertz CT molecular complexity index is 1210. The van der Waals surface area contributed by atoms with Gasteiger partial charge in [0, 0.05) is 11.0 Å². The monoisotopic (exact) mass is 514 g/mol. The zero-order chi connectivity index (χ0) is 22.7. The van der Waals surface area contributed by atoms with Gasteiger partial charge in [-0.3, -0.25) is 4.79 Å². The second kappa shape index (κ2) is 9.44. The number of ether oxygens (including phenoxy) is 1. The molecular formula is C24H23BrN2O4S. The van der Waals surface area contributed by atoms with E-state index in [1.165, 1.54) is 4.31 Å². The second-order valence-corrected chi connectivity index (χ2v) is 10.4. The summed E-state index contributed by atoms with van der Waals surface area (Å²) in [6.45, 7) is 2.43. The Hall–Kier alpha value is -2.68. The number of halogens is 1. The molecule has 166 valence electrons. The summed E-state index contributed by atoms with van der Waals surface area (Å²) >= 11 is 3.40. The molecule has 6 nitrogen and oxygen atoms in total. The smallest absolute Gasteiger partial charge is 0.243 e. The highest BCUT2D eigenvalue weighted by atomic mass is 79.9. The molecule has 0 aliphatic carbocycles. The quantitative estimate of drug-likeness (QED) is 0.489. The number of carbonyl (C=O) groups excluding carboxylic acids is 1. The molecule has 1 aliphatic heterocycles. The van der Waals surface area contributed by atoms with Gasteiger partial charge < -0.3 is 9.64 Å². The van der Waals surface area contributed by atoms with Crippen molar-refractivity contribution in [3.8, 4) is 5.75 Å². The summed E-state index contributed by atoms with van der Waals surface area (Å²) in [5, 5.41) is 0. The summed E-state index contributed by atoms with van der Waals surface area (Å²) in [6.07, 6.45) is 0. The van der Waals surface area contributed by atoms with E-state index in [9.17, 15) is 13.2 Å². The number of amides is 1. The van der Waals surface area contributed by atoms with E-state index in [-0.39, 0.29) is 23.9 Å². The van der Waals surface area contributed by atoms with Gasteiger partial charge in [0.1, 0.15) is 12.4 Å². The highest BCUT2D eigenvalue weighted by molar-refractivity contribution is 9.10. The van der Waals surface area contributed by atoms with E-state index in [2.05, 4.69) is 15.9 Å². The number of benzene rings is 3. The van der Waals surface area contributed by atoms with Crippen LogP contribution in [0.2, 0.25) is 0 Å². The highest BCUT2D eigenvalue weighted by Crippen LogP contribution is 2.31. The molecule has 0 radical (unpaired) electrons. The van der Waals surface area contributed by atoms with Crippen LogP contribution in [0, 0.1) is 6.92 Å². The molecule has 3 aromatic carbocycles. The third kappa shape index (κ3) is 4.87. The van der Waals surface area contributed by atoms with Crippen molar-refractivity contribution < 1.29 is 17.9 Å². The molecule has 1 heterocycles. The summed E-state index contributed by atoms with van der Waals surface area (Å²) in [6, 6.07) is 21.3. The first-order chi connectivity index (χ1) is 15.3. The number of hydrogen-bond donors (Lipinski definition) is 0. The standard InChI is InChI=1S/C24H23BrN2O4S/c1-18-6-12-21(13-7-18)32(29,30)26(16-19-8-10-20(25)11-9-19)17-24(28)27-14-15-31-23-5-3-2-4-22(23)27/h2-13H,14-17H2,1H3. The molecule has 32 heavy (non-hydrogen) atoms. The third-order valence-electron chi connectivity index (χ3n) is 5.27. The van der Waals surface area contributed by atoms with Crippen LogP contribution < -0.4 is 9.64 Å². The molecule has 0 fully saturated rings. The summed E-state index contributed by atoms with van der Waals surface area (Å²) in [5.74, 6) is 0.321. The van der Waals surface area contributed by atoms with Crippen LogP contribution in [0.25, 0.3) is 0 Å². The van der Waals surface area contributed by atoms with E-state index < -0.39 is 10.0 Å². The number of aryl methyl sites for hydroxylation is 1. The Morgan fingerprint density at radius 1 is 1.03 bits per heavy atom. The van der Waals surface area contributed by atoms with E-state index in [0.717, 1.165) is 15.6 Å². The van der Waals surface area contributed by atoms with E-state index in [4.69, 9.17) is 4.74 Å². The molecular weight excluding hydrogens is 492 g/mol. The fraction of sp³-hybridized carbons (Fsp3) is 0.208. The molecule has 0 unspecified atom stereocenters. The Morgan fingerprint density at radius 2 is 1.72 bits per heavy atom. The first kappa shape index (κ1) is 22.5. The Morgan fingerprint density at radius 3 is 2.44 bits per heavy atom. The lowest BCUT2D eigenvalue weighted by Gasteiger charge is -2.31. The van der Waals surface area contributed by atoms with Crippen LogP contribution in [0.3, 0.4) is 0 Å². The van der Waals surface area contributed by atoms with Crippen molar-refractivity contribution in [2.45, 2.75) is 18.4 Å². The minimum atomic E-state index is -3.89. The van der Waals surface area contributed by atoms with Gasteiger partial charge in [-0.05, 0) is 48.9 Å². The molecule has 4 rings (SSSR count). The zero-order valence-electron chi connectivity index (χ0n) is 17.6. The van der Waals surface area contributed by atoms with Crippen LogP contribution in [-0.2, 0) is 21.4 Å². The molecule has 3 aromatic rings. The Kier molecular flexibility index (Phi) is 6.64. The maximum Gasteiger partial charge on any atom is 0.243 e. The molecule has 1 amide bonds. The van der Waals surface area contributed by atoms with Crippen molar-refractivity contribution in [2.24, 2.45) is 0 Å². The van der Waals surface area contributed by atoms with Gasteiger partial charge in [-0.25, -0.2) is 8.42 Å². The average molecular weight is 515 g/mol. The van der Waals surface area contributed by atoms with Crippen LogP contribution in [0.5, 0.6) is 5.75 Å². The molecule has 0 saturated carbocycles. The summed E-state index contributed by atoms with van der Waals surface area (Å²) < 4.78 is 34.8. The fourth-order valence-electron chi connectivity index (χ4n) is 3.54. The lowest BCUT2D eigenvalue weighted by Crippen LogP contribution is -2.45. The lowest BCUT2D eigenvalue weighted by molar-refractivity contribution is -0.119. The van der Waals surface area contributed by atoms with Crippen LogP contribution in [0.15, 0.2) is 82.2 Å². The number of rotatable bonds is 6. The van der Waals surface area contributed by atoms with Crippen LogP contribution in [0.1, 0.15) is 11.1 Å². The second-order valence-electron chi connectivity index (χ2n) is 7.57. The number of sulfonamides is 1. The van der Waals surface area contributed by atoms with E-state index in [1.807, 2.05) is 43.3 Å². The van der Waals surface area contributed by atoms with Crippen molar-refractivity contribution in [3.63, 3.8) is 0 Å². The molecule has 0 saturated heterocycles. The van der Waals surface area contributed by atoms with Crippen molar-refractivity contribution in [1.82, 2.24) is 4.31 Å². The molecule has 8 heteroatoms. The van der Waals surface area contributed by atoms with Gasteiger partial charge in [0.2, 0.25) is 15.9 Å². The number of hydrogen-bond acceptors (Lipinski definition) is 4. The first-order valence-electron chi connectivity index (χ1n) is 10.2. The van der Waals surface area contributed by atoms with E-state index >= 15 is 0 Å². The van der Waals surface area contributed by atoms with Gasteiger partial charge in [0.05, 0.1) is 23.7 Å². The van der Waals surface area contributed by atoms with Gasteiger partial charge in [0.15, 0.2) is 0 Å². The third-order valence-corrected chi connectivity index (χ3v) is 7.61. The maximum atomic E-state index is 13.5. The fourth-order valence-corrected chi connectivity index (χ4v) is 5.19. The largest absolute Gasteiger partial charge is 0.490 e. The minimum absolute atomic E-state index is 0.0845. The molecule has 1 aliphatic rings. The first-order valence-corrected chi connectivity index (χ1v) is 12.4. The normalized spacial score (nSPS) is 13.5. The van der Waals surface area contributed by atoms with Crippen LogP contribution in [-0.4, -0.2) is 38.3 Å². The number of carbonyl (C=O) groups is 1. The summed E-state index contributed by atoms with van der Waals surface area (Å²) in [7, 11) is -3.89. The van der Waals surface area contributed by atoms with E-state index in [1.54, 1.807) is 41.3 Å². The van der Waals surface area contributed by atoms with Crippen molar-refractivity contribution in [2.75, 3.05) is 24.6 Å². The highest BCUT2D eigenvalue weighted by Gasteiger charge is 2.31. The molecule has 0 atom stereocenters. The van der Waals surface area contributed by atoms with Gasteiger partial charge in [-0.15, -0.1) is 0 Å². The molecule has 0 aromatic heterocycles. The zero-order valence-corrected chi connectivity index (χ0v) is 20.0. The number of fused-ring (bicyclic) bond motifs is 1. The average Bonchev–Trinajstić information content (AvgIpc) is 2.80. The van der Waals surface area contributed by atoms with Crippen LogP contribution in [0.4, 0.5) is 5.69 Å². The SMILES string of the molecule is Cc1ccc(S(=O)(=O)N(CC(=O)N2CCOc3ccccc32)Cc2ccc(Br)cc2)cc1. The van der Waals surface area contributed by atoms with Gasteiger partial charge in [-0.2, -0.15) is 4.31 Å². The summed E-state index contributed by atoms with van der Waals surface area (Å²) in [4.78, 5) is 15.1. The maximum absolute atomic E-state index is 13.5. The minimum Gasteiger partial charge on any atom is -0.490 e. The van der Waals surface area contributed by atoms with Gasteiger partial charge in [0.25, 0.3) is 0 Å².